The topological polar surface area (TPSA) is 64.3 Å². The molecule has 0 radical (unpaired) electrons. The third kappa shape index (κ3) is 4.06. The molecule has 4 nitrogen and oxygen atoms in total. The van der Waals surface area contributed by atoms with Gasteiger partial charge in [-0.2, -0.15) is 0 Å². The fraction of sp³-hybridized carbons (Fsp3) is 0.188. The number of nitrogen functional groups attached to an aromatic ring is 1. The first kappa shape index (κ1) is 16.5. The molecule has 0 bridgehead atoms. The van der Waals surface area contributed by atoms with E-state index in [9.17, 15) is 4.79 Å². The standard InChI is InChI=1S/C16H16Cl2N2O2/c1-9-6-12(3-4-13(9)17)22-8-15(21)20-16-10(2)5-11(19)7-14(16)18/h3-7H,8,19H2,1-2H3,(H,20,21). The minimum Gasteiger partial charge on any atom is -0.484 e. The van der Waals surface area contributed by atoms with Gasteiger partial charge in [-0.1, -0.05) is 23.2 Å². The van der Waals surface area contributed by atoms with Crippen LogP contribution in [-0.2, 0) is 4.79 Å². The van der Waals surface area contributed by atoms with Crippen LogP contribution in [0.4, 0.5) is 11.4 Å². The van der Waals surface area contributed by atoms with E-state index in [1.165, 1.54) is 0 Å². The largest absolute Gasteiger partial charge is 0.484 e. The quantitative estimate of drug-likeness (QED) is 0.820. The number of carbonyl (C=O) groups excluding carboxylic acids is 1. The molecule has 6 heteroatoms. The number of halogens is 2. The van der Waals surface area contributed by atoms with Gasteiger partial charge in [0.25, 0.3) is 5.91 Å². The number of aryl methyl sites for hydroxylation is 2. The number of anilines is 2. The number of amides is 1. The van der Waals surface area contributed by atoms with E-state index in [0.717, 1.165) is 11.1 Å². The van der Waals surface area contributed by atoms with Crippen molar-refractivity contribution < 1.29 is 9.53 Å². The van der Waals surface area contributed by atoms with Gasteiger partial charge in [0, 0.05) is 10.7 Å². The van der Waals surface area contributed by atoms with E-state index in [1.807, 2.05) is 13.8 Å². The Kier molecular flexibility index (Phi) is 5.16. The third-order valence-corrected chi connectivity index (χ3v) is 3.80. The first-order valence-electron chi connectivity index (χ1n) is 6.61. The SMILES string of the molecule is Cc1cc(OCC(=O)Nc2c(C)cc(N)cc2Cl)ccc1Cl. The van der Waals surface area contributed by atoms with Crippen molar-refractivity contribution >= 4 is 40.5 Å². The van der Waals surface area contributed by atoms with Gasteiger partial charge < -0.3 is 15.8 Å². The molecule has 0 aromatic heterocycles. The van der Waals surface area contributed by atoms with Crippen LogP contribution < -0.4 is 15.8 Å². The first-order valence-corrected chi connectivity index (χ1v) is 7.37. The Balaban J connectivity index is 2.00. The number of ether oxygens (including phenoxy) is 1. The fourth-order valence-electron chi connectivity index (χ4n) is 1.96. The summed E-state index contributed by atoms with van der Waals surface area (Å²) in [5, 5.41) is 3.77. The number of hydrogen-bond acceptors (Lipinski definition) is 3. The van der Waals surface area contributed by atoms with Crippen molar-refractivity contribution in [1.82, 2.24) is 0 Å². The summed E-state index contributed by atoms with van der Waals surface area (Å²) in [5.41, 5.74) is 8.45. The predicted molar refractivity (Wildman–Crippen MR) is 90.9 cm³/mol. The summed E-state index contributed by atoms with van der Waals surface area (Å²) >= 11 is 12.0. The number of rotatable bonds is 4. The molecule has 0 heterocycles. The van der Waals surface area contributed by atoms with Crippen LogP contribution in [0.1, 0.15) is 11.1 Å². The van der Waals surface area contributed by atoms with Crippen LogP contribution in [0, 0.1) is 13.8 Å². The lowest BCUT2D eigenvalue weighted by Gasteiger charge is -2.12. The number of benzene rings is 2. The molecular formula is C16H16Cl2N2O2. The lowest BCUT2D eigenvalue weighted by atomic mass is 10.2. The smallest absolute Gasteiger partial charge is 0.262 e. The number of hydrogen-bond donors (Lipinski definition) is 2. The van der Waals surface area contributed by atoms with Crippen molar-refractivity contribution in [1.29, 1.82) is 0 Å². The highest BCUT2D eigenvalue weighted by Crippen LogP contribution is 2.28. The molecule has 3 N–H and O–H groups in total. The Bertz CT molecular complexity index is 694. The molecule has 2 aromatic rings. The van der Waals surface area contributed by atoms with E-state index in [0.29, 0.717) is 27.2 Å². The summed E-state index contributed by atoms with van der Waals surface area (Å²) in [6.45, 7) is 3.56. The monoisotopic (exact) mass is 338 g/mol. The summed E-state index contributed by atoms with van der Waals surface area (Å²) in [7, 11) is 0. The van der Waals surface area contributed by atoms with E-state index in [2.05, 4.69) is 5.32 Å². The van der Waals surface area contributed by atoms with E-state index < -0.39 is 0 Å². The van der Waals surface area contributed by atoms with Crippen LogP contribution in [0.2, 0.25) is 10.0 Å². The van der Waals surface area contributed by atoms with Gasteiger partial charge in [-0.15, -0.1) is 0 Å². The van der Waals surface area contributed by atoms with E-state index in [-0.39, 0.29) is 12.5 Å². The molecule has 2 rings (SSSR count). The minimum atomic E-state index is -0.303. The van der Waals surface area contributed by atoms with Crippen LogP contribution >= 0.6 is 23.2 Å². The zero-order valence-corrected chi connectivity index (χ0v) is 13.8. The average molecular weight is 339 g/mol. The summed E-state index contributed by atoms with van der Waals surface area (Å²) in [5.74, 6) is 0.277. The van der Waals surface area contributed by atoms with Crippen molar-refractivity contribution in [3.05, 3.63) is 51.5 Å². The van der Waals surface area contributed by atoms with Gasteiger partial charge in [0.05, 0.1) is 10.7 Å². The van der Waals surface area contributed by atoms with Crippen molar-refractivity contribution in [2.75, 3.05) is 17.7 Å². The molecule has 0 aliphatic rings. The van der Waals surface area contributed by atoms with E-state index in [1.54, 1.807) is 30.3 Å². The predicted octanol–water partition coefficient (Wildman–Crippen LogP) is 4.21. The molecule has 116 valence electrons. The number of nitrogens with one attached hydrogen (secondary N) is 1. The molecule has 0 unspecified atom stereocenters. The van der Waals surface area contributed by atoms with Crippen LogP contribution in [0.3, 0.4) is 0 Å². The van der Waals surface area contributed by atoms with Crippen molar-refractivity contribution in [3.63, 3.8) is 0 Å². The maximum atomic E-state index is 12.0. The van der Waals surface area contributed by atoms with Crippen molar-refractivity contribution in [3.8, 4) is 5.75 Å². The van der Waals surface area contributed by atoms with Gasteiger partial charge in [-0.3, -0.25) is 4.79 Å². The number of carbonyl (C=O) groups is 1. The van der Waals surface area contributed by atoms with E-state index >= 15 is 0 Å². The van der Waals surface area contributed by atoms with Crippen LogP contribution in [0.25, 0.3) is 0 Å². The molecule has 0 fully saturated rings. The Hall–Kier alpha value is -1.91. The van der Waals surface area contributed by atoms with Gasteiger partial charge in [-0.05, 0) is 55.3 Å². The van der Waals surface area contributed by atoms with Crippen LogP contribution in [0.15, 0.2) is 30.3 Å². The van der Waals surface area contributed by atoms with E-state index in [4.69, 9.17) is 33.7 Å². The van der Waals surface area contributed by atoms with Gasteiger partial charge in [-0.25, -0.2) is 0 Å². The highest BCUT2D eigenvalue weighted by atomic mass is 35.5. The Morgan fingerprint density at radius 2 is 1.86 bits per heavy atom. The number of nitrogens with two attached hydrogens (primary N) is 1. The summed E-state index contributed by atoms with van der Waals surface area (Å²) in [6.07, 6.45) is 0. The molecule has 0 saturated carbocycles. The van der Waals surface area contributed by atoms with Crippen molar-refractivity contribution in [2.45, 2.75) is 13.8 Å². The first-order chi connectivity index (χ1) is 10.4. The molecule has 22 heavy (non-hydrogen) atoms. The van der Waals surface area contributed by atoms with Gasteiger partial charge >= 0.3 is 0 Å². The molecule has 0 spiro atoms. The molecule has 1 amide bonds. The second-order valence-corrected chi connectivity index (χ2v) is 5.76. The Morgan fingerprint density at radius 1 is 1.14 bits per heavy atom. The van der Waals surface area contributed by atoms with Gasteiger partial charge in [0.2, 0.25) is 0 Å². The normalized spacial score (nSPS) is 10.4. The van der Waals surface area contributed by atoms with Gasteiger partial charge in [0.15, 0.2) is 6.61 Å². The summed E-state index contributed by atoms with van der Waals surface area (Å²) < 4.78 is 5.44. The maximum absolute atomic E-state index is 12.0. The Labute approximate surface area is 139 Å². The third-order valence-electron chi connectivity index (χ3n) is 3.07. The maximum Gasteiger partial charge on any atom is 0.262 e. The van der Waals surface area contributed by atoms with Crippen LogP contribution in [-0.4, -0.2) is 12.5 Å². The second-order valence-electron chi connectivity index (χ2n) is 4.94. The second kappa shape index (κ2) is 6.90. The fourth-order valence-corrected chi connectivity index (χ4v) is 2.40. The molecular weight excluding hydrogens is 323 g/mol. The highest BCUT2D eigenvalue weighted by Gasteiger charge is 2.10. The molecule has 0 aliphatic heterocycles. The lowest BCUT2D eigenvalue weighted by Crippen LogP contribution is -2.21. The minimum absolute atomic E-state index is 0.124. The Morgan fingerprint density at radius 3 is 2.50 bits per heavy atom. The summed E-state index contributed by atoms with van der Waals surface area (Å²) in [4.78, 5) is 12.0. The lowest BCUT2D eigenvalue weighted by molar-refractivity contribution is -0.118. The van der Waals surface area contributed by atoms with Crippen molar-refractivity contribution in [2.24, 2.45) is 0 Å². The van der Waals surface area contributed by atoms with Gasteiger partial charge in [0.1, 0.15) is 5.75 Å². The highest BCUT2D eigenvalue weighted by molar-refractivity contribution is 6.34. The molecule has 0 aliphatic carbocycles. The molecule has 2 aromatic carbocycles. The average Bonchev–Trinajstić information content (AvgIpc) is 2.44. The molecule has 0 saturated heterocycles. The summed E-state index contributed by atoms with van der Waals surface area (Å²) in [6, 6.07) is 8.55. The molecule has 0 atom stereocenters. The zero-order valence-electron chi connectivity index (χ0n) is 12.2. The van der Waals surface area contributed by atoms with Crippen LogP contribution in [0.5, 0.6) is 5.75 Å². The zero-order chi connectivity index (χ0) is 16.3.